The van der Waals surface area contributed by atoms with Crippen molar-refractivity contribution in [1.29, 1.82) is 0 Å². The SMILES string of the molecule is COc1ccc(CCNC(=O)[C@@H](C)N(c2cc(C)cc(C)c2)S(C)(=O)=O)cc1OC. The fourth-order valence-electron chi connectivity index (χ4n) is 3.40. The molecule has 2 aromatic carbocycles. The van der Waals surface area contributed by atoms with Crippen LogP contribution in [0, 0.1) is 13.8 Å². The van der Waals surface area contributed by atoms with Gasteiger partial charge in [0.15, 0.2) is 11.5 Å². The summed E-state index contributed by atoms with van der Waals surface area (Å²) in [6.45, 7) is 5.74. The summed E-state index contributed by atoms with van der Waals surface area (Å²) >= 11 is 0. The summed E-state index contributed by atoms with van der Waals surface area (Å²) in [5.41, 5.74) is 3.31. The van der Waals surface area contributed by atoms with Crippen LogP contribution in [-0.2, 0) is 21.2 Å². The molecule has 0 aliphatic carbocycles. The predicted molar refractivity (Wildman–Crippen MR) is 119 cm³/mol. The Morgan fingerprint density at radius 3 is 2.17 bits per heavy atom. The standard InChI is InChI=1S/C22H30N2O5S/c1-15-11-16(2)13-19(12-15)24(30(6,26)27)17(3)22(25)23-10-9-18-7-8-20(28-4)21(14-18)29-5/h7-8,11-14,17H,9-10H2,1-6H3,(H,23,25)/t17-/m1/s1. The van der Waals surface area contributed by atoms with Gasteiger partial charge in [0.1, 0.15) is 6.04 Å². The number of carbonyl (C=O) groups excluding carboxylic acids is 1. The highest BCUT2D eigenvalue weighted by atomic mass is 32.2. The summed E-state index contributed by atoms with van der Waals surface area (Å²) < 4.78 is 36.6. The molecule has 0 saturated carbocycles. The first-order chi connectivity index (χ1) is 14.1. The van der Waals surface area contributed by atoms with Gasteiger partial charge in [0, 0.05) is 6.54 Å². The second kappa shape index (κ2) is 9.84. The van der Waals surface area contributed by atoms with Gasteiger partial charge in [-0.05, 0) is 68.1 Å². The van der Waals surface area contributed by atoms with Crippen LogP contribution in [0.2, 0.25) is 0 Å². The molecule has 0 saturated heterocycles. The van der Waals surface area contributed by atoms with Gasteiger partial charge in [-0.25, -0.2) is 8.42 Å². The summed E-state index contributed by atoms with van der Waals surface area (Å²) in [4.78, 5) is 12.7. The minimum atomic E-state index is -3.65. The molecule has 1 amide bonds. The number of rotatable bonds is 9. The van der Waals surface area contributed by atoms with Gasteiger partial charge in [0.25, 0.3) is 0 Å². The Morgan fingerprint density at radius 2 is 1.63 bits per heavy atom. The van der Waals surface area contributed by atoms with E-state index in [1.54, 1.807) is 33.3 Å². The van der Waals surface area contributed by atoms with Crippen LogP contribution < -0.4 is 19.1 Å². The minimum Gasteiger partial charge on any atom is -0.493 e. The van der Waals surface area contributed by atoms with E-state index in [0.717, 1.165) is 22.9 Å². The monoisotopic (exact) mass is 434 g/mol. The molecule has 0 spiro atoms. The van der Waals surface area contributed by atoms with Crippen molar-refractivity contribution >= 4 is 21.6 Å². The van der Waals surface area contributed by atoms with Crippen molar-refractivity contribution in [1.82, 2.24) is 5.32 Å². The van der Waals surface area contributed by atoms with E-state index in [4.69, 9.17) is 9.47 Å². The van der Waals surface area contributed by atoms with Crippen LogP contribution in [0.1, 0.15) is 23.6 Å². The van der Waals surface area contributed by atoms with E-state index >= 15 is 0 Å². The number of carbonyl (C=O) groups is 1. The van der Waals surface area contributed by atoms with Crippen LogP contribution in [0.4, 0.5) is 5.69 Å². The quantitative estimate of drug-likeness (QED) is 0.656. The molecule has 164 valence electrons. The van der Waals surface area contributed by atoms with Gasteiger partial charge < -0.3 is 14.8 Å². The number of sulfonamides is 1. The van der Waals surface area contributed by atoms with Crippen LogP contribution in [0.15, 0.2) is 36.4 Å². The molecule has 30 heavy (non-hydrogen) atoms. The predicted octanol–water partition coefficient (Wildman–Crippen LogP) is 2.83. The Bertz CT molecular complexity index is 984. The van der Waals surface area contributed by atoms with Crippen LogP contribution in [0.3, 0.4) is 0 Å². The van der Waals surface area contributed by atoms with E-state index in [9.17, 15) is 13.2 Å². The van der Waals surface area contributed by atoms with E-state index in [1.807, 2.05) is 38.1 Å². The normalized spacial score (nSPS) is 12.2. The van der Waals surface area contributed by atoms with Crippen molar-refractivity contribution in [3.05, 3.63) is 53.1 Å². The maximum Gasteiger partial charge on any atom is 0.243 e. The maximum absolute atomic E-state index is 12.7. The molecule has 0 aliphatic heterocycles. The number of ether oxygens (including phenoxy) is 2. The number of aryl methyl sites for hydroxylation is 2. The van der Waals surface area contributed by atoms with Crippen molar-refractivity contribution in [3.63, 3.8) is 0 Å². The summed E-state index contributed by atoms with van der Waals surface area (Å²) in [6.07, 6.45) is 1.68. The molecule has 0 aromatic heterocycles. The Hall–Kier alpha value is -2.74. The highest BCUT2D eigenvalue weighted by Crippen LogP contribution is 2.27. The smallest absolute Gasteiger partial charge is 0.243 e. The van der Waals surface area contributed by atoms with Crippen LogP contribution in [-0.4, -0.2) is 47.4 Å². The number of amides is 1. The highest BCUT2D eigenvalue weighted by molar-refractivity contribution is 7.92. The number of benzene rings is 2. The molecule has 0 bridgehead atoms. The van der Waals surface area contributed by atoms with E-state index in [0.29, 0.717) is 30.2 Å². The third-order valence-electron chi connectivity index (χ3n) is 4.71. The Balaban J connectivity index is 2.11. The summed E-state index contributed by atoms with van der Waals surface area (Å²) in [5.74, 6) is 0.893. The lowest BCUT2D eigenvalue weighted by Gasteiger charge is -2.28. The number of methoxy groups -OCH3 is 2. The van der Waals surface area contributed by atoms with Gasteiger partial charge in [-0.1, -0.05) is 12.1 Å². The number of nitrogens with one attached hydrogen (secondary N) is 1. The van der Waals surface area contributed by atoms with E-state index in [2.05, 4.69) is 5.32 Å². The van der Waals surface area contributed by atoms with Gasteiger partial charge in [0.05, 0.1) is 26.2 Å². The molecule has 0 unspecified atom stereocenters. The number of hydrogen-bond donors (Lipinski definition) is 1. The first kappa shape index (κ1) is 23.5. The average Bonchev–Trinajstić information content (AvgIpc) is 2.65. The molecular weight excluding hydrogens is 404 g/mol. The van der Waals surface area contributed by atoms with Crippen molar-refractivity contribution in [2.45, 2.75) is 33.2 Å². The van der Waals surface area contributed by atoms with Crippen molar-refractivity contribution in [2.75, 3.05) is 31.3 Å². The highest BCUT2D eigenvalue weighted by Gasteiger charge is 2.29. The first-order valence-electron chi connectivity index (χ1n) is 9.63. The fourth-order valence-corrected chi connectivity index (χ4v) is 4.56. The lowest BCUT2D eigenvalue weighted by atomic mass is 10.1. The van der Waals surface area contributed by atoms with Crippen molar-refractivity contribution in [2.24, 2.45) is 0 Å². The van der Waals surface area contributed by atoms with Crippen LogP contribution >= 0.6 is 0 Å². The minimum absolute atomic E-state index is 0.361. The van der Waals surface area contributed by atoms with Gasteiger partial charge in [-0.15, -0.1) is 0 Å². The molecule has 0 fully saturated rings. The number of anilines is 1. The average molecular weight is 435 g/mol. The molecule has 0 aliphatic rings. The summed E-state index contributed by atoms with van der Waals surface area (Å²) in [7, 11) is -0.508. The van der Waals surface area contributed by atoms with E-state index < -0.39 is 16.1 Å². The molecule has 1 N–H and O–H groups in total. The van der Waals surface area contributed by atoms with Crippen LogP contribution in [0.25, 0.3) is 0 Å². The summed E-state index contributed by atoms with van der Waals surface area (Å²) in [6, 6.07) is 10.2. The van der Waals surface area contributed by atoms with Crippen molar-refractivity contribution < 1.29 is 22.7 Å². The molecule has 7 nitrogen and oxygen atoms in total. The molecule has 1 atom stereocenters. The summed E-state index contributed by atoms with van der Waals surface area (Å²) in [5, 5.41) is 2.83. The maximum atomic E-state index is 12.7. The number of hydrogen-bond acceptors (Lipinski definition) is 5. The van der Waals surface area contributed by atoms with Gasteiger partial charge >= 0.3 is 0 Å². The lowest BCUT2D eigenvalue weighted by Crippen LogP contribution is -2.48. The topological polar surface area (TPSA) is 84.9 Å². The Labute approximate surface area is 179 Å². The second-order valence-electron chi connectivity index (χ2n) is 7.31. The van der Waals surface area contributed by atoms with Crippen LogP contribution in [0.5, 0.6) is 11.5 Å². The number of nitrogens with zero attached hydrogens (tertiary/aromatic N) is 1. The molecule has 2 rings (SSSR count). The molecule has 2 aromatic rings. The molecular formula is C22H30N2O5S. The largest absolute Gasteiger partial charge is 0.493 e. The zero-order chi connectivity index (χ0) is 22.5. The lowest BCUT2D eigenvalue weighted by molar-refractivity contribution is -0.121. The Morgan fingerprint density at radius 1 is 1.03 bits per heavy atom. The zero-order valence-corrected chi connectivity index (χ0v) is 19.2. The Kier molecular flexibility index (Phi) is 7.72. The van der Waals surface area contributed by atoms with Gasteiger partial charge in [-0.2, -0.15) is 0 Å². The van der Waals surface area contributed by atoms with Crippen molar-refractivity contribution in [3.8, 4) is 11.5 Å². The first-order valence-corrected chi connectivity index (χ1v) is 11.5. The second-order valence-corrected chi connectivity index (χ2v) is 9.17. The van der Waals surface area contributed by atoms with Gasteiger partial charge in [0.2, 0.25) is 15.9 Å². The molecule has 8 heteroatoms. The van der Waals surface area contributed by atoms with E-state index in [-0.39, 0.29) is 5.91 Å². The molecule has 0 radical (unpaired) electrons. The third kappa shape index (κ3) is 5.89. The molecule has 0 heterocycles. The van der Waals surface area contributed by atoms with Gasteiger partial charge in [-0.3, -0.25) is 9.10 Å². The zero-order valence-electron chi connectivity index (χ0n) is 18.4. The third-order valence-corrected chi connectivity index (χ3v) is 5.95. The fraction of sp³-hybridized carbons (Fsp3) is 0.409. The van der Waals surface area contributed by atoms with E-state index in [1.165, 1.54) is 4.31 Å².